The molecule has 132 valence electrons. The van der Waals surface area contributed by atoms with E-state index in [4.69, 9.17) is 4.74 Å². The number of amides is 1. The molecule has 1 heterocycles. The van der Waals surface area contributed by atoms with Gasteiger partial charge in [-0.15, -0.1) is 10.2 Å². The summed E-state index contributed by atoms with van der Waals surface area (Å²) in [5.41, 5.74) is 0.951. The fraction of sp³-hybridized carbons (Fsp3) is 0.421. The molecule has 0 atom stereocenters. The van der Waals surface area contributed by atoms with Gasteiger partial charge in [-0.2, -0.15) is 0 Å². The summed E-state index contributed by atoms with van der Waals surface area (Å²) in [5.74, 6) is 1.22. The Balaban J connectivity index is 1.46. The van der Waals surface area contributed by atoms with Gasteiger partial charge in [-0.1, -0.05) is 43.2 Å². The van der Waals surface area contributed by atoms with E-state index < -0.39 is 0 Å². The maximum absolute atomic E-state index is 12.0. The highest BCUT2D eigenvalue weighted by Crippen LogP contribution is 2.42. The Hall–Kier alpha value is -2.21. The van der Waals surface area contributed by atoms with Gasteiger partial charge in [0.05, 0.1) is 6.61 Å². The Morgan fingerprint density at radius 1 is 1.28 bits per heavy atom. The summed E-state index contributed by atoms with van der Waals surface area (Å²) in [7, 11) is 0. The van der Waals surface area contributed by atoms with Gasteiger partial charge in [-0.3, -0.25) is 10.1 Å². The first-order chi connectivity index (χ1) is 12.2. The summed E-state index contributed by atoms with van der Waals surface area (Å²) >= 11 is 1.46. The summed E-state index contributed by atoms with van der Waals surface area (Å²) in [6, 6.07) is 7.73. The second kappa shape index (κ2) is 8.76. The molecule has 0 spiro atoms. The predicted molar refractivity (Wildman–Crippen MR) is 101 cm³/mol. The van der Waals surface area contributed by atoms with Crippen LogP contribution in [-0.4, -0.2) is 22.7 Å². The average molecular weight is 357 g/mol. The molecule has 1 aliphatic rings. The molecule has 0 aliphatic heterocycles. The number of carbonyl (C=O) groups excluding carboxylic acids is 1. The number of benzene rings is 1. The Labute approximate surface area is 152 Å². The maximum Gasteiger partial charge on any atom is 0.250 e. The molecule has 2 aromatic rings. The first-order valence-corrected chi connectivity index (χ1v) is 9.61. The fourth-order valence-corrected chi connectivity index (χ4v) is 3.23. The molecule has 1 N–H and O–H groups in total. The van der Waals surface area contributed by atoms with Gasteiger partial charge in [0.2, 0.25) is 11.0 Å². The molecule has 1 aromatic carbocycles. The topological polar surface area (TPSA) is 64.1 Å². The molecule has 1 fully saturated rings. The van der Waals surface area contributed by atoms with E-state index in [-0.39, 0.29) is 5.91 Å². The molecule has 0 unspecified atom stereocenters. The molecular weight excluding hydrogens is 334 g/mol. The molecule has 1 amide bonds. The van der Waals surface area contributed by atoms with Crippen molar-refractivity contribution in [2.45, 2.75) is 44.9 Å². The molecule has 3 rings (SSSR count). The van der Waals surface area contributed by atoms with Crippen LogP contribution in [0.2, 0.25) is 0 Å². The minimum absolute atomic E-state index is 0.196. The SMILES string of the molecule is CCCCCOc1ccc(C=CC(=O)Nc2nnc(C3CC3)s2)cc1. The van der Waals surface area contributed by atoms with Crippen LogP contribution in [-0.2, 0) is 4.79 Å². The number of nitrogens with one attached hydrogen (secondary N) is 1. The molecule has 0 radical (unpaired) electrons. The first-order valence-electron chi connectivity index (χ1n) is 8.80. The molecule has 1 aromatic heterocycles. The molecule has 1 aliphatic carbocycles. The number of rotatable bonds is 9. The van der Waals surface area contributed by atoms with Crippen LogP contribution in [0, 0.1) is 0 Å². The number of ether oxygens (including phenoxy) is 1. The number of nitrogens with zero attached hydrogens (tertiary/aromatic N) is 2. The lowest BCUT2D eigenvalue weighted by molar-refractivity contribution is -0.111. The Morgan fingerprint density at radius 2 is 2.08 bits per heavy atom. The third-order valence-electron chi connectivity index (χ3n) is 3.92. The van der Waals surface area contributed by atoms with E-state index in [0.29, 0.717) is 11.0 Å². The quantitative estimate of drug-likeness (QED) is 0.525. The van der Waals surface area contributed by atoms with Crippen LogP contribution in [0.15, 0.2) is 30.3 Å². The van der Waals surface area contributed by atoms with Crippen molar-refractivity contribution >= 4 is 28.5 Å². The van der Waals surface area contributed by atoms with Crippen molar-refractivity contribution in [2.75, 3.05) is 11.9 Å². The second-order valence-electron chi connectivity index (χ2n) is 6.17. The number of hydrogen-bond acceptors (Lipinski definition) is 5. The molecule has 6 heteroatoms. The molecule has 25 heavy (non-hydrogen) atoms. The van der Waals surface area contributed by atoms with E-state index >= 15 is 0 Å². The largest absolute Gasteiger partial charge is 0.494 e. The van der Waals surface area contributed by atoms with Gasteiger partial charge in [-0.25, -0.2) is 0 Å². The van der Waals surface area contributed by atoms with E-state index in [1.54, 1.807) is 6.08 Å². The van der Waals surface area contributed by atoms with Crippen LogP contribution in [0.25, 0.3) is 6.08 Å². The number of hydrogen-bond donors (Lipinski definition) is 1. The van der Waals surface area contributed by atoms with Crippen LogP contribution < -0.4 is 10.1 Å². The summed E-state index contributed by atoms with van der Waals surface area (Å²) in [6.07, 6.45) is 9.10. The summed E-state index contributed by atoms with van der Waals surface area (Å²) in [4.78, 5) is 12.0. The van der Waals surface area contributed by atoms with Crippen molar-refractivity contribution in [3.63, 3.8) is 0 Å². The van der Waals surface area contributed by atoms with Crippen molar-refractivity contribution in [1.29, 1.82) is 0 Å². The van der Waals surface area contributed by atoms with E-state index in [1.165, 1.54) is 43.1 Å². The number of anilines is 1. The highest BCUT2D eigenvalue weighted by Gasteiger charge is 2.27. The minimum Gasteiger partial charge on any atom is -0.494 e. The third-order valence-corrected chi connectivity index (χ3v) is 4.92. The van der Waals surface area contributed by atoms with Gasteiger partial charge in [-0.05, 0) is 43.0 Å². The van der Waals surface area contributed by atoms with Crippen molar-refractivity contribution in [2.24, 2.45) is 0 Å². The second-order valence-corrected chi connectivity index (χ2v) is 7.18. The smallest absolute Gasteiger partial charge is 0.250 e. The summed E-state index contributed by atoms with van der Waals surface area (Å²) in [5, 5.41) is 12.5. The first kappa shape index (κ1) is 17.6. The van der Waals surface area contributed by atoms with Crippen LogP contribution in [0.3, 0.4) is 0 Å². The number of unbranched alkanes of at least 4 members (excludes halogenated alkanes) is 2. The van der Waals surface area contributed by atoms with Gasteiger partial charge in [0, 0.05) is 12.0 Å². The zero-order chi connectivity index (χ0) is 17.5. The van der Waals surface area contributed by atoms with Gasteiger partial charge in [0.25, 0.3) is 0 Å². The Bertz CT molecular complexity index is 721. The molecule has 0 bridgehead atoms. The fourth-order valence-electron chi connectivity index (χ4n) is 2.32. The summed E-state index contributed by atoms with van der Waals surface area (Å²) < 4.78 is 5.68. The van der Waals surface area contributed by atoms with Gasteiger partial charge >= 0.3 is 0 Å². The van der Waals surface area contributed by atoms with Crippen LogP contribution in [0.4, 0.5) is 5.13 Å². The van der Waals surface area contributed by atoms with Crippen LogP contribution in [0.5, 0.6) is 5.75 Å². The van der Waals surface area contributed by atoms with E-state index in [0.717, 1.165) is 29.3 Å². The zero-order valence-corrected chi connectivity index (χ0v) is 15.2. The normalized spacial score (nSPS) is 14.0. The molecular formula is C19H23N3O2S. The van der Waals surface area contributed by atoms with E-state index in [1.807, 2.05) is 24.3 Å². The lowest BCUT2D eigenvalue weighted by Gasteiger charge is -2.05. The zero-order valence-electron chi connectivity index (χ0n) is 14.4. The molecule has 1 saturated carbocycles. The number of carbonyl (C=O) groups is 1. The van der Waals surface area contributed by atoms with Gasteiger partial charge in [0.1, 0.15) is 10.8 Å². The Kier molecular flexibility index (Phi) is 6.17. The van der Waals surface area contributed by atoms with Gasteiger partial charge < -0.3 is 4.74 Å². The Morgan fingerprint density at radius 3 is 2.80 bits per heavy atom. The number of aromatic nitrogens is 2. The summed E-state index contributed by atoms with van der Waals surface area (Å²) in [6.45, 7) is 2.92. The predicted octanol–water partition coefficient (Wildman–Crippen LogP) is 4.64. The van der Waals surface area contributed by atoms with Crippen molar-refractivity contribution < 1.29 is 9.53 Å². The van der Waals surface area contributed by atoms with Gasteiger partial charge in [0.15, 0.2) is 0 Å². The van der Waals surface area contributed by atoms with E-state index in [9.17, 15) is 4.79 Å². The average Bonchev–Trinajstić information content (AvgIpc) is 3.38. The van der Waals surface area contributed by atoms with Crippen molar-refractivity contribution in [3.05, 3.63) is 40.9 Å². The highest BCUT2D eigenvalue weighted by molar-refractivity contribution is 7.15. The van der Waals surface area contributed by atoms with Crippen molar-refractivity contribution in [1.82, 2.24) is 10.2 Å². The van der Waals surface area contributed by atoms with E-state index in [2.05, 4.69) is 22.4 Å². The van der Waals surface area contributed by atoms with Crippen LogP contribution in [0.1, 0.15) is 55.5 Å². The third kappa shape index (κ3) is 5.67. The standard InChI is InChI=1S/C19H23N3O2S/c1-2-3-4-13-24-16-10-5-14(6-11-16)7-12-17(23)20-19-22-21-18(25-19)15-8-9-15/h5-7,10-12,15H,2-4,8-9,13H2,1H3,(H,20,22,23). The minimum atomic E-state index is -0.196. The molecule has 5 nitrogen and oxygen atoms in total. The van der Waals surface area contributed by atoms with Crippen molar-refractivity contribution in [3.8, 4) is 5.75 Å². The monoisotopic (exact) mass is 357 g/mol. The molecule has 0 saturated heterocycles. The lowest BCUT2D eigenvalue weighted by Crippen LogP contribution is -2.07. The highest BCUT2D eigenvalue weighted by atomic mass is 32.1. The maximum atomic E-state index is 12.0. The lowest BCUT2D eigenvalue weighted by atomic mass is 10.2. The van der Waals surface area contributed by atoms with Crippen LogP contribution >= 0.6 is 11.3 Å².